The fraction of sp³-hybridized carbons (Fsp3) is 0.429. The summed E-state index contributed by atoms with van der Waals surface area (Å²) in [6.07, 6.45) is 0. The molecular weight excluding hydrogens is 282 g/mol. The SMILES string of the molecule is CC(C)[C@@H](C)[C@H](c1ccc(OCc2ccccc2)cc1)N(C)C. The van der Waals surface area contributed by atoms with Crippen molar-refractivity contribution in [3.8, 4) is 5.75 Å². The Morgan fingerprint density at radius 1 is 0.870 bits per heavy atom. The molecule has 0 aliphatic carbocycles. The summed E-state index contributed by atoms with van der Waals surface area (Å²) < 4.78 is 5.88. The predicted octanol–water partition coefficient (Wildman–Crippen LogP) is 5.16. The van der Waals surface area contributed by atoms with Gasteiger partial charge in [0.2, 0.25) is 0 Å². The molecule has 124 valence electrons. The Hall–Kier alpha value is -1.80. The second-order valence-electron chi connectivity index (χ2n) is 6.85. The topological polar surface area (TPSA) is 12.5 Å². The molecule has 0 fully saturated rings. The molecule has 2 heteroatoms. The summed E-state index contributed by atoms with van der Waals surface area (Å²) in [4.78, 5) is 2.31. The van der Waals surface area contributed by atoms with Crippen molar-refractivity contribution in [2.45, 2.75) is 33.4 Å². The van der Waals surface area contributed by atoms with E-state index in [1.54, 1.807) is 0 Å². The molecule has 0 heterocycles. The molecule has 2 aromatic carbocycles. The largest absolute Gasteiger partial charge is 0.489 e. The highest BCUT2D eigenvalue weighted by atomic mass is 16.5. The lowest BCUT2D eigenvalue weighted by Crippen LogP contribution is -2.28. The fourth-order valence-corrected chi connectivity index (χ4v) is 2.94. The lowest BCUT2D eigenvalue weighted by molar-refractivity contribution is 0.184. The van der Waals surface area contributed by atoms with Crippen LogP contribution in [0, 0.1) is 11.8 Å². The molecule has 0 aliphatic heterocycles. The first-order chi connectivity index (χ1) is 11.0. The van der Waals surface area contributed by atoms with Gasteiger partial charge in [-0.15, -0.1) is 0 Å². The molecule has 0 aromatic heterocycles. The van der Waals surface area contributed by atoms with Crippen LogP contribution in [0.25, 0.3) is 0 Å². The number of benzene rings is 2. The normalized spacial score (nSPS) is 14.0. The van der Waals surface area contributed by atoms with Gasteiger partial charge < -0.3 is 9.64 Å². The van der Waals surface area contributed by atoms with Crippen molar-refractivity contribution in [2.75, 3.05) is 14.1 Å². The maximum absolute atomic E-state index is 5.88. The zero-order valence-electron chi connectivity index (χ0n) is 15.0. The summed E-state index contributed by atoms with van der Waals surface area (Å²) in [5.74, 6) is 2.17. The van der Waals surface area contributed by atoms with Crippen LogP contribution in [-0.2, 0) is 6.61 Å². The number of hydrogen-bond acceptors (Lipinski definition) is 2. The molecule has 0 bridgehead atoms. The Morgan fingerprint density at radius 2 is 1.48 bits per heavy atom. The van der Waals surface area contributed by atoms with Crippen molar-refractivity contribution in [3.63, 3.8) is 0 Å². The van der Waals surface area contributed by atoms with E-state index in [2.05, 4.69) is 76.2 Å². The number of rotatable bonds is 7. The average molecular weight is 311 g/mol. The van der Waals surface area contributed by atoms with Gasteiger partial charge in [-0.25, -0.2) is 0 Å². The second-order valence-corrected chi connectivity index (χ2v) is 6.85. The van der Waals surface area contributed by atoms with Crippen LogP contribution in [0.3, 0.4) is 0 Å². The standard InChI is InChI=1S/C21H29NO/c1-16(2)17(3)21(22(4)5)19-11-13-20(14-12-19)23-15-18-9-7-6-8-10-18/h6-14,16-17,21H,15H2,1-5H3/t17-,21-/m1/s1. The third kappa shape index (κ3) is 4.84. The van der Waals surface area contributed by atoms with E-state index in [1.165, 1.54) is 11.1 Å². The van der Waals surface area contributed by atoms with E-state index in [0.29, 0.717) is 24.5 Å². The van der Waals surface area contributed by atoms with Gasteiger partial charge in [0, 0.05) is 6.04 Å². The van der Waals surface area contributed by atoms with Gasteiger partial charge in [0.1, 0.15) is 12.4 Å². The summed E-state index contributed by atoms with van der Waals surface area (Å²) in [5.41, 5.74) is 2.54. The molecule has 0 radical (unpaired) electrons. The van der Waals surface area contributed by atoms with Crippen LogP contribution in [0.5, 0.6) is 5.75 Å². The summed E-state index contributed by atoms with van der Waals surface area (Å²) >= 11 is 0. The van der Waals surface area contributed by atoms with E-state index in [1.807, 2.05) is 18.2 Å². The maximum atomic E-state index is 5.88. The molecule has 0 saturated carbocycles. The van der Waals surface area contributed by atoms with Crippen molar-refractivity contribution >= 4 is 0 Å². The molecule has 2 aromatic rings. The molecule has 2 nitrogen and oxygen atoms in total. The Balaban J connectivity index is 2.05. The van der Waals surface area contributed by atoms with Gasteiger partial charge >= 0.3 is 0 Å². The monoisotopic (exact) mass is 311 g/mol. The first-order valence-electron chi connectivity index (χ1n) is 8.42. The Morgan fingerprint density at radius 3 is 2.00 bits per heavy atom. The minimum absolute atomic E-state index is 0.429. The minimum atomic E-state index is 0.429. The van der Waals surface area contributed by atoms with E-state index in [0.717, 1.165) is 5.75 Å². The summed E-state index contributed by atoms with van der Waals surface area (Å²) in [6.45, 7) is 7.52. The van der Waals surface area contributed by atoms with Crippen LogP contribution >= 0.6 is 0 Å². The molecule has 0 N–H and O–H groups in total. The van der Waals surface area contributed by atoms with Gasteiger partial charge in [-0.2, -0.15) is 0 Å². The lowest BCUT2D eigenvalue weighted by atomic mass is 9.85. The Kier molecular flexibility index (Phi) is 6.23. The summed E-state index contributed by atoms with van der Waals surface area (Å²) in [5, 5.41) is 0. The first-order valence-corrected chi connectivity index (χ1v) is 8.42. The van der Waals surface area contributed by atoms with Crippen molar-refractivity contribution < 1.29 is 4.74 Å². The van der Waals surface area contributed by atoms with Crippen LogP contribution in [0.15, 0.2) is 54.6 Å². The first kappa shape index (κ1) is 17.6. The van der Waals surface area contributed by atoms with Gasteiger partial charge in [0.25, 0.3) is 0 Å². The smallest absolute Gasteiger partial charge is 0.119 e. The second kappa shape index (κ2) is 8.16. The molecule has 0 unspecified atom stereocenters. The third-order valence-electron chi connectivity index (χ3n) is 4.58. The molecule has 2 rings (SSSR count). The van der Waals surface area contributed by atoms with Crippen LogP contribution < -0.4 is 4.74 Å². The summed E-state index contributed by atoms with van der Waals surface area (Å²) in [6, 6.07) is 19.3. The Labute approximate surface area is 141 Å². The zero-order chi connectivity index (χ0) is 16.8. The van der Waals surface area contributed by atoms with Crippen LogP contribution in [-0.4, -0.2) is 19.0 Å². The highest BCUT2D eigenvalue weighted by Gasteiger charge is 2.23. The molecule has 0 saturated heterocycles. The molecule has 0 amide bonds. The molecule has 0 spiro atoms. The van der Waals surface area contributed by atoms with Crippen LogP contribution in [0.1, 0.15) is 37.9 Å². The molecule has 0 aliphatic rings. The molecule has 23 heavy (non-hydrogen) atoms. The van der Waals surface area contributed by atoms with Crippen molar-refractivity contribution in [3.05, 3.63) is 65.7 Å². The van der Waals surface area contributed by atoms with Gasteiger partial charge in [-0.1, -0.05) is 63.2 Å². The van der Waals surface area contributed by atoms with Gasteiger partial charge in [0.05, 0.1) is 0 Å². The highest BCUT2D eigenvalue weighted by molar-refractivity contribution is 5.30. The highest BCUT2D eigenvalue weighted by Crippen LogP contribution is 2.32. The van der Waals surface area contributed by atoms with Crippen molar-refractivity contribution in [2.24, 2.45) is 11.8 Å². The third-order valence-corrected chi connectivity index (χ3v) is 4.58. The van der Waals surface area contributed by atoms with E-state index >= 15 is 0 Å². The molecular formula is C21H29NO. The van der Waals surface area contributed by atoms with E-state index in [-0.39, 0.29) is 0 Å². The fourth-order valence-electron chi connectivity index (χ4n) is 2.94. The maximum Gasteiger partial charge on any atom is 0.119 e. The van der Waals surface area contributed by atoms with Gasteiger partial charge in [-0.3, -0.25) is 0 Å². The van der Waals surface area contributed by atoms with Crippen molar-refractivity contribution in [1.29, 1.82) is 0 Å². The summed E-state index contributed by atoms with van der Waals surface area (Å²) in [7, 11) is 4.31. The zero-order valence-corrected chi connectivity index (χ0v) is 15.0. The quantitative estimate of drug-likeness (QED) is 0.700. The number of hydrogen-bond donors (Lipinski definition) is 0. The van der Waals surface area contributed by atoms with Crippen molar-refractivity contribution in [1.82, 2.24) is 4.90 Å². The van der Waals surface area contributed by atoms with Crippen LogP contribution in [0.4, 0.5) is 0 Å². The van der Waals surface area contributed by atoms with Crippen LogP contribution in [0.2, 0.25) is 0 Å². The average Bonchev–Trinajstić information content (AvgIpc) is 2.55. The van der Waals surface area contributed by atoms with E-state index in [9.17, 15) is 0 Å². The minimum Gasteiger partial charge on any atom is -0.489 e. The van der Waals surface area contributed by atoms with Gasteiger partial charge in [0.15, 0.2) is 0 Å². The number of ether oxygens (including phenoxy) is 1. The Bertz CT molecular complexity index is 575. The molecule has 2 atom stereocenters. The van der Waals surface area contributed by atoms with E-state index < -0.39 is 0 Å². The predicted molar refractivity (Wildman–Crippen MR) is 97.6 cm³/mol. The van der Waals surface area contributed by atoms with Gasteiger partial charge in [-0.05, 0) is 49.2 Å². The number of nitrogens with zero attached hydrogens (tertiary/aromatic N) is 1. The van der Waals surface area contributed by atoms with E-state index in [4.69, 9.17) is 4.74 Å². The lowest BCUT2D eigenvalue weighted by Gasteiger charge is -2.33.